The highest BCUT2D eigenvalue weighted by Crippen LogP contribution is 2.19. The molecule has 0 bridgehead atoms. The lowest BCUT2D eigenvalue weighted by molar-refractivity contribution is -0.138. The van der Waals surface area contributed by atoms with Crippen LogP contribution >= 0.6 is 0 Å². The summed E-state index contributed by atoms with van der Waals surface area (Å²) in [6.45, 7) is 5.10. The van der Waals surface area contributed by atoms with Crippen molar-refractivity contribution >= 4 is 11.8 Å². The average molecular weight is 281 g/mol. The van der Waals surface area contributed by atoms with Crippen LogP contribution in [0, 0.1) is 5.92 Å². The van der Waals surface area contributed by atoms with Gasteiger partial charge in [0, 0.05) is 19.6 Å². The first kappa shape index (κ1) is 15.3. The third kappa shape index (κ3) is 3.95. The molecule has 2 atom stereocenters. The van der Waals surface area contributed by atoms with Crippen molar-refractivity contribution in [3.8, 4) is 0 Å². The molecule has 0 spiro atoms. The Morgan fingerprint density at radius 3 is 2.80 bits per heavy atom. The molecule has 0 aliphatic carbocycles. The number of likely N-dealkylation sites (tertiary alicyclic amines) is 1. The monoisotopic (exact) mass is 281 g/mol. The van der Waals surface area contributed by atoms with Gasteiger partial charge < -0.3 is 15.5 Å². The van der Waals surface area contributed by atoms with Crippen LogP contribution in [0.3, 0.4) is 0 Å². The molecule has 5 heteroatoms. The minimum absolute atomic E-state index is 0.0251. The zero-order valence-corrected chi connectivity index (χ0v) is 12.5. The minimum atomic E-state index is -0.0267. The molecule has 20 heavy (non-hydrogen) atoms. The quantitative estimate of drug-likeness (QED) is 0.804. The predicted octanol–water partition coefficient (Wildman–Crippen LogP) is 0.893. The second kappa shape index (κ2) is 7.62. The van der Waals surface area contributed by atoms with Crippen LogP contribution in [-0.2, 0) is 9.59 Å². The van der Waals surface area contributed by atoms with Gasteiger partial charge in [0.1, 0.15) is 0 Å². The fourth-order valence-electron chi connectivity index (χ4n) is 3.07. The van der Waals surface area contributed by atoms with Crippen molar-refractivity contribution < 1.29 is 9.59 Å². The van der Waals surface area contributed by atoms with Gasteiger partial charge in [0.25, 0.3) is 0 Å². The van der Waals surface area contributed by atoms with Crippen molar-refractivity contribution in [3.63, 3.8) is 0 Å². The summed E-state index contributed by atoms with van der Waals surface area (Å²) >= 11 is 0. The maximum Gasteiger partial charge on any atom is 0.239 e. The van der Waals surface area contributed by atoms with Crippen LogP contribution in [-0.4, -0.2) is 48.9 Å². The summed E-state index contributed by atoms with van der Waals surface area (Å²) in [5, 5.41) is 6.25. The molecule has 5 nitrogen and oxygen atoms in total. The third-order valence-electron chi connectivity index (χ3n) is 4.26. The van der Waals surface area contributed by atoms with Gasteiger partial charge in [-0.3, -0.25) is 9.59 Å². The average Bonchev–Trinajstić information content (AvgIpc) is 2.52. The van der Waals surface area contributed by atoms with Gasteiger partial charge in [0.2, 0.25) is 11.8 Å². The third-order valence-corrected chi connectivity index (χ3v) is 4.26. The fourth-order valence-corrected chi connectivity index (χ4v) is 3.07. The molecule has 0 radical (unpaired) electrons. The van der Waals surface area contributed by atoms with Crippen molar-refractivity contribution in [2.45, 2.75) is 51.5 Å². The number of piperidine rings is 2. The fraction of sp³-hybridized carbons (Fsp3) is 0.867. The number of nitrogens with zero attached hydrogens (tertiary/aromatic N) is 1. The van der Waals surface area contributed by atoms with Gasteiger partial charge >= 0.3 is 0 Å². The van der Waals surface area contributed by atoms with Crippen molar-refractivity contribution in [1.29, 1.82) is 0 Å². The van der Waals surface area contributed by atoms with Crippen LogP contribution in [0.5, 0.6) is 0 Å². The van der Waals surface area contributed by atoms with E-state index in [1.54, 1.807) is 0 Å². The number of hydrogen-bond acceptors (Lipinski definition) is 3. The topological polar surface area (TPSA) is 61.4 Å². The van der Waals surface area contributed by atoms with Crippen molar-refractivity contribution in [1.82, 2.24) is 15.5 Å². The Morgan fingerprint density at radius 1 is 1.25 bits per heavy atom. The van der Waals surface area contributed by atoms with Crippen LogP contribution in [0.25, 0.3) is 0 Å². The number of carbonyl (C=O) groups is 2. The standard InChI is InChI=1S/C15H27N3O2/c1-2-8-17-14(19)12-6-5-10-18(11-12)15(20)13-7-3-4-9-16-13/h12-13,16H,2-11H2,1H3,(H,17,19). The lowest BCUT2D eigenvalue weighted by atomic mass is 9.95. The Hall–Kier alpha value is -1.10. The SMILES string of the molecule is CCCNC(=O)C1CCCN(C(=O)C2CCCCN2)C1. The summed E-state index contributed by atoms with van der Waals surface area (Å²) in [5.41, 5.74) is 0. The highest BCUT2D eigenvalue weighted by Gasteiger charge is 2.31. The molecule has 114 valence electrons. The molecule has 2 aliphatic heterocycles. The number of rotatable bonds is 4. The van der Waals surface area contributed by atoms with Gasteiger partial charge in [-0.2, -0.15) is 0 Å². The van der Waals surface area contributed by atoms with E-state index in [0.717, 1.165) is 58.2 Å². The summed E-state index contributed by atoms with van der Waals surface area (Å²) in [5.74, 6) is 0.279. The van der Waals surface area contributed by atoms with Crippen LogP contribution in [0.4, 0.5) is 0 Å². The summed E-state index contributed by atoms with van der Waals surface area (Å²) in [4.78, 5) is 26.4. The van der Waals surface area contributed by atoms with E-state index in [0.29, 0.717) is 6.54 Å². The lowest BCUT2D eigenvalue weighted by Gasteiger charge is -2.35. The van der Waals surface area contributed by atoms with E-state index in [9.17, 15) is 9.59 Å². The van der Waals surface area contributed by atoms with Gasteiger partial charge in [-0.1, -0.05) is 13.3 Å². The zero-order valence-electron chi connectivity index (χ0n) is 12.5. The summed E-state index contributed by atoms with van der Waals surface area (Å²) in [6.07, 6.45) is 6.00. The molecule has 2 N–H and O–H groups in total. The Morgan fingerprint density at radius 2 is 2.10 bits per heavy atom. The minimum Gasteiger partial charge on any atom is -0.356 e. The molecular formula is C15H27N3O2. The van der Waals surface area contributed by atoms with Crippen molar-refractivity contribution in [3.05, 3.63) is 0 Å². The first-order valence-corrected chi connectivity index (χ1v) is 8.02. The van der Waals surface area contributed by atoms with E-state index in [4.69, 9.17) is 0 Å². The molecule has 0 aromatic rings. The Balaban J connectivity index is 1.85. The van der Waals surface area contributed by atoms with E-state index < -0.39 is 0 Å². The molecule has 2 rings (SSSR count). The Kier molecular flexibility index (Phi) is 5.83. The molecular weight excluding hydrogens is 254 g/mol. The number of carbonyl (C=O) groups excluding carboxylic acids is 2. The highest BCUT2D eigenvalue weighted by atomic mass is 16.2. The normalized spacial score (nSPS) is 27.1. The second-order valence-corrected chi connectivity index (χ2v) is 5.92. The van der Waals surface area contributed by atoms with Crippen LogP contribution in [0.1, 0.15) is 45.4 Å². The van der Waals surface area contributed by atoms with Gasteiger partial charge in [-0.15, -0.1) is 0 Å². The smallest absolute Gasteiger partial charge is 0.239 e. The van der Waals surface area contributed by atoms with Gasteiger partial charge in [-0.05, 0) is 38.6 Å². The number of nitrogens with one attached hydrogen (secondary N) is 2. The lowest BCUT2D eigenvalue weighted by Crippen LogP contribution is -2.53. The molecule has 2 fully saturated rings. The molecule has 0 aromatic carbocycles. The van der Waals surface area contributed by atoms with Crippen molar-refractivity contribution in [2.75, 3.05) is 26.2 Å². The molecule has 2 saturated heterocycles. The van der Waals surface area contributed by atoms with E-state index in [2.05, 4.69) is 10.6 Å². The highest BCUT2D eigenvalue weighted by molar-refractivity contribution is 5.84. The molecule has 2 heterocycles. The predicted molar refractivity (Wildman–Crippen MR) is 78.2 cm³/mol. The van der Waals surface area contributed by atoms with E-state index in [1.165, 1.54) is 0 Å². The molecule has 0 aromatic heterocycles. The van der Waals surface area contributed by atoms with Crippen molar-refractivity contribution in [2.24, 2.45) is 5.92 Å². The summed E-state index contributed by atoms with van der Waals surface area (Å²) < 4.78 is 0. The summed E-state index contributed by atoms with van der Waals surface area (Å²) in [7, 11) is 0. The van der Waals surface area contributed by atoms with Crippen LogP contribution in [0.15, 0.2) is 0 Å². The van der Waals surface area contributed by atoms with E-state index >= 15 is 0 Å². The van der Waals surface area contributed by atoms with E-state index in [-0.39, 0.29) is 23.8 Å². The molecule has 0 saturated carbocycles. The zero-order chi connectivity index (χ0) is 14.4. The van der Waals surface area contributed by atoms with Gasteiger partial charge in [0.15, 0.2) is 0 Å². The Bertz CT molecular complexity index is 340. The Labute approximate surface area is 121 Å². The van der Waals surface area contributed by atoms with Crippen LogP contribution < -0.4 is 10.6 Å². The number of hydrogen-bond donors (Lipinski definition) is 2. The number of amides is 2. The van der Waals surface area contributed by atoms with E-state index in [1.807, 2.05) is 11.8 Å². The largest absolute Gasteiger partial charge is 0.356 e. The molecule has 2 amide bonds. The van der Waals surface area contributed by atoms with Crippen LogP contribution in [0.2, 0.25) is 0 Å². The maximum atomic E-state index is 12.5. The first-order valence-electron chi connectivity index (χ1n) is 8.02. The van der Waals surface area contributed by atoms with Gasteiger partial charge in [0.05, 0.1) is 12.0 Å². The maximum absolute atomic E-state index is 12.5. The van der Waals surface area contributed by atoms with Gasteiger partial charge in [-0.25, -0.2) is 0 Å². The summed E-state index contributed by atoms with van der Waals surface area (Å²) in [6, 6.07) is -0.0267. The first-order chi connectivity index (χ1) is 9.72. The molecule has 2 unspecified atom stereocenters. The second-order valence-electron chi connectivity index (χ2n) is 5.92. The molecule has 2 aliphatic rings.